The Morgan fingerprint density at radius 2 is 1.73 bits per heavy atom. The quantitative estimate of drug-likeness (QED) is 0.177. The molecule has 1 aliphatic rings. The van der Waals surface area contributed by atoms with E-state index in [4.69, 9.17) is 9.97 Å². The minimum absolute atomic E-state index is 0. The van der Waals surface area contributed by atoms with Gasteiger partial charge in [-0.25, -0.2) is 22.7 Å². The molecule has 5 heterocycles. The molecule has 15 heteroatoms. The maximum absolute atomic E-state index is 11.8. The van der Waals surface area contributed by atoms with Gasteiger partial charge in [0.2, 0.25) is 15.2 Å². The number of rotatable bonds is 8. The normalized spacial score (nSPS) is 14.4. The highest BCUT2D eigenvalue weighted by Gasteiger charge is 2.28. The molecule has 0 saturated carbocycles. The summed E-state index contributed by atoms with van der Waals surface area (Å²) in [5, 5.41) is 6.13. The molecule has 41 heavy (non-hydrogen) atoms. The van der Waals surface area contributed by atoms with Crippen molar-refractivity contribution in [2.45, 2.75) is 38.3 Å². The van der Waals surface area contributed by atoms with Crippen LogP contribution in [0.3, 0.4) is 0 Å². The summed E-state index contributed by atoms with van der Waals surface area (Å²) >= 11 is 6.32. The molecule has 1 N–H and O–H groups in total. The fourth-order valence-electron chi connectivity index (χ4n) is 4.32. The van der Waals surface area contributed by atoms with Crippen LogP contribution in [0.4, 0.5) is 10.9 Å². The largest absolute Gasteiger partial charge is 0.314 e. The summed E-state index contributed by atoms with van der Waals surface area (Å²) in [4.78, 5) is 18.3. The van der Waals surface area contributed by atoms with Gasteiger partial charge in [0.15, 0.2) is 0 Å². The highest BCUT2D eigenvalue weighted by molar-refractivity contribution is 8.00. The molecule has 1 fully saturated rings. The predicted molar refractivity (Wildman–Crippen MR) is 175 cm³/mol. The van der Waals surface area contributed by atoms with Crippen LogP contribution in [0.15, 0.2) is 85.9 Å². The maximum Gasteiger partial charge on any atom is 0.211 e. The molecule has 0 bridgehead atoms. The number of hydrogen-bond donors (Lipinski definition) is 1. The number of piperidine rings is 1. The molecule has 0 spiro atoms. The van der Waals surface area contributed by atoms with Crippen LogP contribution in [0.2, 0.25) is 0 Å². The Morgan fingerprint density at radius 1 is 0.976 bits per heavy atom. The highest BCUT2D eigenvalue weighted by atomic mass is 35.5. The van der Waals surface area contributed by atoms with E-state index in [2.05, 4.69) is 38.3 Å². The standard InChI is InChI=1S/C26H24N6O2S5.2ClH/c1-39(33,34)32-12-8-17(9-13-32)24-29-26(38-31-24)30-25-22(36-18-5-3-2-4-6-18)15-19(16-28-25)37-21-7-11-27-20-10-14-35-23(20)21;;/h2-7,10-11,14-17H,8-9,12-13H2,1H3,(H,28,29,30,31);2*1H. The molecule has 1 saturated heterocycles. The topological polar surface area (TPSA) is 101 Å². The second kappa shape index (κ2) is 14.0. The SMILES string of the molecule is CS(=O)(=O)N1CCC(c2nsc(Nc3ncc(Sc4ccnc5ccsc45)cc3Sc3ccccc3)n2)CC1.Cl.Cl. The molecule has 6 rings (SSSR count). The molecule has 0 atom stereocenters. The summed E-state index contributed by atoms with van der Waals surface area (Å²) in [6.45, 7) is 0.999. The van der Waals surface area contributed by atoms with Crippen molar-refractivity contribution in [2.24, 2.45) is 0 Å². The highest BCUT2D eigenvalue weighted by Crippen LogP contribution is 2.40. The average Bonchev–Trinajstić information content (AvgIpc) is 3.61. The van der Waals surface area contributed by atoms with Gasteiger partial charge in [-0.15, -0.1) is 36.2 Å². The van der Waals surface area contributed by atoms with Crippen molar-refractivity contribution in [3.8, 4) is 0 Å². The summed E-state index contributed by atoms with van der Waals surface area (Å²) in [7, 11) is -3.16. The van der Waals surface area contributed by atoms with E-state index in [1.807, 2.05) is 42.7 Å². The number of anilines is 2. The molecule has 4 aromatic heterocycles. The van der Waals surface area contributed by atoms with Crippen LogP contribution in [-0.2, 0) is 10.0 Å². The number of nitrogens with one attached hydrogen (secondary N) is 1. The number of aromatic nitrogens is 4. The lowest BCUT2D eigenvalue weighted by Crippen LogP contribution is -2.37. The average molecular weight is 686 g/mol. The molecule has 1 aliphatic heterocycles. The third kappa shape index (κ3) is 7.71. The Labute approximate surface area is 267 Å². The zero-order chi connectivity index (χ0) is 26.8. The van der Waals surface area contributed by atoms with E-state index in [1.165, 1.54) is 26.8 Å². The van der Waals surface area contributed by atoms with Crippen molar-refractivity contribution in [3.05, 3.63) is 72.1 Å². The molecule has 0 unspecified atom stereocenters. The fraction of sp³-hybridized carbons (Fsp3) is 0.231. The van der Waals surface area contributed by atoms with Gasteiger partial charge >= 0.3 is 0 Å². The number of pyridine rings is 2. The number of nitrogens with zero attached hydrogens (tertiary/aromatic N) is 5. The predicted octanol–water partition coefficient (Wildman–Crippen LogP) is 7.57. The van der Waals surface area contributed by atoms with Crippen molar-refractivity contribution in [1.29, 1.82) is 0 Å². The smallest absolute Gasteiger partial charge is 0.211 e. The van der Waals surface area contributed by atoms with E-state index in [1.54, 1.807) is 34.9 Å². The Kier molecular flexibility index (Phi) is 10.9. The number of fused-ring (bicyclic) bond motifs is 1. The van der Waals surface area contributed by atoms with Crippen LogP contribution in [0, 0.1) is 0 Å². The van der Waals surface area contributed by atoms with Crippen molar-refractivity contribution in [3.63, 3.8) is 0 Å². The molecule has 0 aliphatic carbocycles. The molecular weight excluding hydrogens is 660 g/mol. The second-order valence-electron chi connectivity index (χ2n) is 9.00. The van der Waals surface area contributed by atoms with Crippen molar-refractivity contribution in [2.75, 3.05) is 24.7 Å². The van der Waals surface area contributed by atoms with Gasteiger partial charge in [-0.3, -0.25) is 4.98 Å². The Balaban J connectivity index is 0.00000194. The van der Waals surface area contributed by atoms with Crippen molar-refractivity contribution < 1.29 is 8.42 Å². The first-order valence-electron chi connectivity index (χ1n) is 12.2. The Bertz CT molecular complexity index is 1710. The van der Waals surface area contributed by atoms with E-state index in [0.717, 1.165) is 49.6 Å². The van der Waals surface area contributed by atoms with Gasteiger partial charge in [-0.1, -0.05) is 41.7 Å². The van der Waals surface area contributed by atoms with E-state index >= 15 is 0 Å². The number of sulfonamides is 1. The monoisotopic (exact) mass is 684 g/mol. The Morgan fingerprint density at radius 3 is 2.49 bits per heavy atom. The first-order valence-corrected chi connectivity index (χ1v) is 17.3. The molecular formula is C26H26Cl2N6O2S5. The van der Waals surface area contributed by atoms with Gasteiger partial charge in [0, 0.05) is 57.6 Å². The van der Waals surface area contributed by atoms with Crippen LogP contribution in [0.1, 0.15) is 24.6 Å². The molecule has 8 nitrogen and oxygen atoms in total. The molecule has 216 valence electrons. The van der Waals surface area contributed by atoms with Gasteiger partial charge in [0.1, 0.15) is 11.6 Å². The molecule has 5 aromatic rings. The second-order valence-corrected chi connectivity index (χ2v) is 14.9. The molecule has 1 aromatic carbocycles. The summed E-state index contributed by atoms with van der Waals surface area (Å²) in [6, 6.07) is 16.5. The third-order valence-electron chi connectivity index (χ3n) is 6.29. The zero-order valence-corrected chi connectivity index (χ0v) is 27.4. The summed E-state index contributed by atoms with van der Waals surface area (Å²) < 4.78 is 31.0. The Hall–Kier alpha value is -1.97. The minimum Gasteiger partial charge on any atom is -0.314 e. The number of thiophene rings is 1. The van der Waals surface area contributed by atoms with Crippen LogP contribution in [0.5, 0.6) is 0 Å². The van der Waals surface area contributed by atoms with Gasteiger partial charge in [0.05, 0.1) is 21.4 Å². The van der Waals surface area contributed by atoms with E-state index in [9.17, 15) is 8.42 Å². The lowest BCUT2D eigenvalue weighted by Gasteiger charge is -2.28. The van der Waals surface area contributed by atoms with Gasteiger partial charge in [-0.2, -0.15) is 4.37 Å². The van der Waals surface area contributed by atoms with E-state index in [0.29, 0.717) is 18.2 Å². The van der Waals surface area contributed by atoms with Crippen LogP contribution in [-0.4, -0.2) is 51.4 Å². The van der Waals surface area contributed by atoms with Gasteiger partial charge in [0.25, 0.3) is 0 Å². The number of benzene rings is 1. The van der Waals surface area contributed by atoms with Crippen molar-refractivity contribution in [1.82, 2.24) is 23.6 Å². The van der Waals surface area contributed by atoms with Crippen molar-refractivity contribution >= 4 is 102 Å². The van der Waals surface area contributed by atoms with Crippen LogP contribution >= 0.6 is 71.2 Å². The van der Waals surface area contributed by atoms with Crippen LogP contribution < -0.4 is 5.32 Å². The lowest BCUT2D eigenvalue weighted by molar-refractivity contribution is 0.316. The summed E-state index contributed by atoms with van der Waals surface area (Å²) in [5.74, 6) is 1.63. The third-order valence-corrected chi connectivity index (χ3v) is 11.4. The fourth-order valence-corrected chi connectivity index (χ4v) is 8.74. The maximum atomic E-state index is 11.8. The van der Waals surface area contributed by atoms with E-state index in [-0.39, 0.29) is 30.7 Å². The molecule has 0 radical (unpaired) electrons. The molecule has 0 amide bonds. The van der Waals surface area contributed by atoms with Crippen LogP contribution in [0.25, 0.3) is 10.2 Å². The number of halogens is 2. The van der Waals surface area contributed by atoms with Gasteiger partial charge in [-0.05, 0) is 48.6 Å². The summed E-state index contributed by atoms with van der Waals surface area (Å²) in [6.07, 6.45) is 6.42. The van der Waals surface area contributed by atoms with Gasteiger partial charge < -0.3 is 5.32 Å². The van der Waals surface area contributed by atoms with E-state index < -0.39 is 10.0 Å². The zero-order valence-electron chi connectivity index (χ0n) is 21.7. The first kappa shape index (κ1) is 32.0. The minimum atomic E-state index is -3.16. The first-order chi connectivity index (χ1) is 18.9. The lowest BCUT2D eigenvalue weighted by atomic mass is 9.98. The number of hydrogen-bond acceptors (Lipinski definition) is 11. The summed E-state index contributed by atoms with van der Waals surface area (Å²) in [5.41, 5.74) is 1.00.